The van der Waals surface area contributed by atoms with Crippen molar-refractivity contribution in [1.82, 2.24) is 0 Å². The molecule has 4 N–H and O–H groups in total. The maximum Gasteiger partial charge on any atom is 0.306 e. The molecule has 2 heterocycles. The van der Waals surface area contributed by atoms with Crippen molar-refractivity contribution in [3.63, 3.8) is 0 Å². The van der Waals surface area contributed by atoms with Crippen LogP contribution in [0.3, 0.4) is 0 Å². The smallest absolute Gasteiger partial charge is 0.306 e. The fourth-order valence-corrected chi connectivity index (χ4v) is 16.0. The summed E-state index contributed by atoms with van der Waals surface area (Å²) in [6, 6.07) is 0. The summed E-state index contributed by atoms with van der Waals surface area (Å²) in [7, 11) is 0. The van der Waals surface area contributed by atoms with E-state index in [0.29, 0.717) is 25.7 Å². The van der Waals surface area contributed by atoms with Gasteiger partial charge in [0.1, 0.15) is 43.7 Å². The Hall–Kier alpha value is -3.44. The summed E-state index contributed by atoms with van der Waals surface area (Å²) >= 11 is 0. The van der Waals surface area contributed by atoms with Crippen LogP contribution in [-0.2, 0) is 52.3 Å². The van der Waals surface area contributed by atoms with Gasteiger partial charge in [-0.2, -0.15) is 0 Å². The van der Waals surface area contributed by atoms with Crippen molar-refractivity contribution in [3.8, 4) is 0 Å². The first-order valence-corrected chi connectivity index (χ1v) is 49.4. The van der Waals surface area contributed by atoms with E-state index in [1.807, 2.05) is 0 Å². The molecule has 15 heteroatoms. The van der Waals surface area contributed by atoms with Crippen molar-refractivity contribution in [2.24, 2.45) is 0 Å². The second-order valence-corrected chi connectivity index (χ2v) is 34.5. The van der Waals surface area contributed by atoms with Crippen LogP contribution in [0, 0.1) is 0 Å². The lowest BCUT2D eigenvalue weighted by Gasteiger charge is -2.43. The molecular formula is C100H182O15. The lowest BCUT2D eigenvalue weighted by atomic mass is 9.98. The molecule has 672 valence electrons. The second-order valence-electron chi connectivity index (χ2n) is 34.5. The Morgan fingerprint density at radius 3 is 0.835 bits per heavy atom. The molecule has 0 saturated carbocycles. The third kappa shape index (κ3) is 61.5. The molecule has 2 aliphatic rings. The molecule has 0 spiro atoms. The van der Waals surface area contributed by atoms with Gasteiger partial charge in [0.25, 0.3) is 0 Å². The molecule has 0 aliphatic carbocycles. The van der Waals surface area contributed by atoms with Crippen LogP contribution in [0.4, 0.5) is 0 Å². The van der Waals surface area contributed by atoms with E-state index in [9.17, 15) is 39.6 Å². The monoisotopic (exact) mass is 1620 g/mol. The Kier molecular flexibility index (Phi) is 75.1. The van der Waals surface area contributed by atoms with Crippen LogP contribution in [0.15, 0.2) is 48.6 Å². The number of ether oxygens (including phenoxy) is 7. The van der Waals surface area contributed by atoms with Crippen LogP contribution in [-0.4, -0.2) is 119 Å². The molecule has 0 bridgehead atoms. The molecule has 2 saturated heterocycles. The van der Waals surface area contributed by atoms with Crippen molar-refractivity contribution in [3.05, 3.63) is 48.6 Å². The van der Waals surface area contributed by atoms with E-state index in [1.54, 1.807) is 0 Å². The molecule has 9 atom stereocenters. The van der Waals surface area contributed by atoms with Crippen LogP contribution in [0.1, 0.15) is 490 Å². The van der Waals surface area contributed by atoms with Crippen LogP contribution in [0.25, 0.3) is 0 Å². The molecule has 0 aromatic heterocycles. The van der Waals surface area contributed by atoms with Crippen molar-refractivity contribution >= 4 is 23.9 Å². The topological polar surface area (TPSA) is 214 Å². The number of unbranched alkanes of at least 4 members (excludes halogenated alkanes) is 60. The third-order valence-electron chi connectivity index (χ3n) is 23.6. The average molecular weight is 1620 g/mol. The Morgan fingerprint density at radius 1 is 0.296 bits per heavy atom. The molecule has 2 aliphatic heterocycles. The summed E-state index contributed by atoms with van der Waals surface area (Å²) < 4.78 is 44.2. The summed E-state index contributed by atoms with van der Waals surface area (Å²) in [6.07, 6.45) is 84.3. The van der Waals surface area contributed by atoms with E-state index in [1.165, 1.54) is 276 Å². The minimum absolute atomic E-state index is 0.00986. The first-order valence-electron chi connectivity index (χ1n) is 49.4. The lowest BCUT2D eigenvalue weighted by molar-refractivity contribution is -0.384. The number of allylic oxidation sites excluding steroid dienone is 8. The minimum atomic E-state index is -2.40. The summed E-state index contributed by atoms with van der Waals surface area (Å²) in [6.45, 7) is 7.06. The Morgan fingerprint density at radius 2 is 0.548 bits per heavy atom. The van der Waals surface area contributed by atoms with Gasteiger partial charge in [-0.15, -0.1) is 0 Å². The fourth-order valence-electron chi connectivity index (χ4n) is 16.0. The van der Waals surface area contributed by atoms with E-state index in [-0.39, 0.29) is 25.7 Å². The van der Waals surface area contributed by atoms with E-state index in [0.717, 1.165) is 135 Å². The van der Waals surface area contributed by atoms with E-state index >= 15 is 0 Å². The molecule has 15 nitrogen and oxygen atoms in total. The molecule has 0 radical (unpaired) electrons. The second kappa shape index (κ2) is 80.3. The Balaban J connectivity index is 2.27. The van der Waals surface area contributed by atoms with E-state index < -0.39 is 98.5 Å². The van der Waals surface area contributed by atoms with E-state index in [2.05, 4.69) is 76.3 Å². The first kappa shape index (κ1) is 108. The van der Waals surface area contributed by atoms with Crippen LogP contribution < -0.4 is 0 Å². The third-order valence-corrected chi connectivity index (χ3v) is 23.6. The quantitative estimate of drug-likeness (QED) is 0.0193. The zero-order chi connectivity index (χ0) is 83.1. The zero-order valence-electron chi connectivity index (χ0n) is 75.1. The molecule has 0 aromatic carbocycles. The number of carbonyl (C=O) groups excluding carboxylic acids is 4. The number of aliphatic hydroxyl groups is 4. The van der Waals surface area contributed by atoms with Crippen LogP contribution in [0.2, 0.25) is 0 Å². The summed E-state index contributed by atoms with van der Waals surface area (Å²) in [5, 5.41) is 44.1. The highest BCUT2D eigenvalue weighted by atomic mass is 16.8. The molecule has 0 aromatic rings. The highest BCUT2D eigenvalue weighted by Crippen LogP contribution is 2.41. The van der Waals surface area contributed by atoms with Crippen molar-refractivity contribution in [2.75, 3.05) is 19.8 Å². The SMILES string of the molecule is CCCCCCCCC=CCCCCCCCCCCCC(=O)OC[C@H]1O[C@@](COC(=O)CCCCCCCCCCCC=CCCCCCCCC)(O[C@H]2O[C@H](CO)[C@@H](O)[C@H](O)[C@H]2O)[C@@H](OC(=O)CCCCCCCCCCCC=CCCCCCCCC)[C@@H]1OC(=O)CCCCCCCCCCCC=CCCCCCCCC. The molecule has 2 rings (SSSR count). The number of hydrogen-bond donors (Lipinski definition) is 4. The van der Waals surface area contributed by atoms with Gasteiger partial charge in [-0.25, -0.2) is 0 Å². The van der Waals surface area contributed by atoms with Crippen molar-refractivity contribution in [2.45, 2.75) is 545 Å². The maximum atomic E-state index is 14.5. The van der Waals surface area contributed by atoms with Gasteiger partial charge in [0.05, 0.1) is 6.61 Å². The standard InChI is InChI=1S/C100H182O15/c1-5-9-13-17-21-25-29-33-37-41-45-49-53-57-61-65-69-73-77-81-90(102)109-86-89-97(112-92(104)83-79-75-71-67-63-59-55-51-47-43-39-35-31-27-23-19-15-11-7-3)98(113-93(105)84-80-76-72-68-64-60-56-52-48-44-40-36-32-28-24-20-16-12-8-4)100(114-89,115-99-96(108)95(107)94(106)88(85-101)111-99)87-110-91(103)82-78-74-70-66-62-58-54-50-46-42-38-34-30-26-22-18-14-10-6-2/h33-40,88-89,94-99,101,106-108H,5-32,41-87H2,1-4H3/t88-,89-,94-,95+,96-,97-,98+,99-,100+/m1/s1. The van der Waals surface area contributed by atoms with Crippen molar-refractivity contribution < 1.29 is 72.8 Å². The van der Waals surface area contributed by atoms with Crippen LogP contribution >= 0.6 is 0 Å². The first-order chi connectivity index (χ1) is 56.5. The van der Waals surface area contributed by atoms with Gasteiger partial charge in [-0.3, -0.25) is 19.2 Å². The minimum Gasteiger partial charge on any atom is -0.463 e. The number of aliphatic hydroxyl groups excluding tert-OH is 4. The molecular weight excluding hydrogens is 1440 g/mol. The molecule has 2 fully saturated rings. The number of hydrogen-bond acceptors (Lipinski definition) is 15. The van der Waals surface area contributed by atoms with Crippen molar-refractivity contribution in [1.29, 1.82) is 0 Å². The summed E-state index contributed by atoms with van der Waals surface area (Å²) in [5.41, 5.74) is 0. The normalized spacial score (nSPS) is 19.8. The van der Waals surface area contributed by atoms with Gasteiger partial charge in [0, 0.05) is 25.7 Å². The average Bonchev–Trinajstić information content (AvgIpc) is 1.60. The predicted molar refractivity (Wildman–Crippen MR) is 476 cm³/mol. The summed E-state index contributed by atoms with van der Waals surface area (Å²) in [5.74, 6) is -4.75. The van der Waals surface area contributed by atoms with Gasteiger partial charge in [0.2, 0.25) is 5.79 Å². The van der Waals surface area contributed by atoms with Gasteiger partial charge >= 0.3 is 23.9 Å². The van der Waals surface area contributed by atoms with E-state index in [4.69, 9.17) is 33.2 Å². The molecule has 0 amide bonds. The van der Waals surface area contributed by atoms with Crippen LogP contribution in [0.5, 0.6) is 0 Å². The molecule has 115 heavy (non-hydrogen) atoms. The van der Waals surface area contributed by atoms with Gasteiger partial charge in [0.15, 0.2) is 18.5 Å². The van der Waals surface area contributed by atoms with Gasteiger partial charge < -0.3 is 53.6 Å². The predicted octanol–water partition coefficient (Wildman–Crippen LogP) is 27.2. The Bertz CT molecular complexity index is 2300. The number of esters is 4. The largest absolute Gasteiger partial charge is 0.463 e. The van der Waals surface area contributed by atoms with Gasteiger partial charge in [-0.1, -0.05) is 385 Å². The van der Waals surface area contributed by atoms with Gasteiger partial charge in [-0.05, 0) is 128 Å². The number of rotatable bonds is 85. The number of carbonyl (C=O) groups is 4. The highest BCUT2D eigenvalue weighted by molar-refractivity contribution is 5.71. The lowest BCUT2D eigenvalue weighted by Crippen LogP contribution is -2.63. The molecule has 0 unspecified atom stereocenters. The Labute approximate surface area is 706 Å². The summed E-state index contributed by atoms with van der Waals surface area (Å²) in [4.78, 5) is 56.7. The zero-order valence-corrected chi connectivity index (χ0v) is 75.1. The maximum absolute atomic E-state index is 14.5. The highest BCUT2D eigenvalue weighted by Gasteiger charge is 2.64. The fraction of sp³-hybridized carbons (Fsp3) is 0.880.